The van der Waals surface area contributed by atoms with E-state index in [-0.39, 0.29) is 24.6 Å². The topological polar surface area (TPSA) is 59.6 Å². The van der Waals surface area contributed by atoms with E-state index < -0.39 is 12.8 Å². The van der Waals surface area contributed by atoms with Crippen LogP contribution in [0.15, 0.2) is 24.3 Å². The number of carbonyl (C=O) groups excluding carboxylic acids is 1. The molecular formula is C19H27F3N2O3. The van der Waals surface area contributed by atoms with Crippen molar-refractivity contribution in [3.05, 3.63) is 35.4 Å². The average Bonchev–Trinajstić information content (AvgIpc) is 2.63. The number of ether oxygens (including phenoxy) is 2. The summed E-state index contributed by atoms with van der Waals surface area (Å²) in [5, 5.41) is 5.57. The fourth-order valence-electron chi connectivity index (χ4n) is 3.35. The SMILES string of the molecule is Cc1ccccc1C1(CNC(=O)NCCCOCC(F)(F)F)CCOCC1. The summed E-state index contributed by atoms with van der Waals surface area (Å²) in [5.41, 5.74) is 2.23. The lowest BCUT2D eigenvalue weighted by Crippen LogP contribution is -2.47. The average molecular weight is 388 g/mol. The largest absolute Gasteiger partial charge is 0.411 e. The maximum absolute atomic E-state index is 12.1. The number of carbonyl (C=O) groups is 1. The Bertz CT molecular complexity index is 602. The lowest BCUT2D eigenvalue weighted by Gasteiger charge is -2.39. The molecule has 0 unspecified atom stereocenters. The van der Waals surface area contributed by atoms with Crippen LogP contribution in [0.25, 0.3) is 0 Å². The summed E-state index contributed by atoms with van der Waals surface area (Å²) in [4.78, 5) is 12.1. The van der Waals surface area contributed by atoms with Crippen LogP contribution in [-0.2, 0) is 14.9 Å². The Morgan fingerprint density at radius 2 is 1.93 bits per heavy atom. The number of rotatable bonds is 8. The highest BCUT2D eigenvalue weighted by atomic mass is 19.4. The first-order valence-electron chi connectivity index (χ1n) is 9.12. The first kappa shape index (κ1) is 21.5. The molecule has 1 aliphatic heterocycles. The second-order valence-corrected chi connectivity index (χ2v) is 6.84. The number of hydrogen-bond donors (Lipinski definition) is 2. The number of aryl methyl sites for hydroxylation is 1. The van der Waals surface area contributed by atoms with Crippen molar-refractivity contribution in [1.29, 1.82) is 0 Å². The van der Waals surface area contributed by atoms with Crippen molar-refractivity contribution in [1.82, 2.24) is 10.6 Å². The van der Waals surface area contributed by atoms with Crippen molar-refractivity contribution < 1.29 is 27.4 Å². The molecule has 8 heteroatoms. The summed E-state index contributed by atoms with van der Waals surface area (Å²) in [6, 6.07) is 7.82. The zero-order valence-corrected chi connectivity index (χ0v) is 15.5. The van der Waals surface area contributed by atoms with Crippen LogP contribution in [0.3, 0.4) is 0 Å². The third-order valence-corrected chi connectivity index (χ3v) is 4.77. The van der Waals surface area contributed by atoms with Gasteiger partial charge in [-0.1, -0.05) is 24.3 Å². The van der Waals surface area contributed by atoms with Gasteiger partial charge in [-0.25, -0.2) is 4.79 Å². The first-order chi connectivity index (χ1) is 12.8. The quantitative estimate of drug-likeness (QED) is 0.672. The highest BCUT2D eigenvalue weighted by Crippen LogP contribution is 2.36. The Morgan fingerprint density at radius 1 is 1.22 bits per heavy atom. The van der Waals surface area contributed by atoms with Gasteiger partial charge < -0.3 is 20.1 Å². The highest BCUT2D eigenvalue weighted by Gasteiger charge is 2.35. The van der Waals surface area contributed by atoms with Crippen LogP contribution in [0.4, 0.5) is 18.0 Å². The van der Waals surface area contributed by atoms with Crippen molar-refractivity contribution in [3.8, 4) is 0 Å². The van der Waals surface area contributed by atoms with Crippen molar-refractivity contribution in [3.63, 3.8) is 0 Å². The molecule has 0 radical (unpaired) electrons. The van der Waals surface area contributed by atoms with Gasteiger partial charge >= 0.3 is 12.2 Å². The maximum Gasteiger partial charge on any atom is 0.411 e. The standard InChI is InChI=1S/C19H27F3N2O3/c1-15-5-2-3-6-16(15)18(7-11-26-12-8-18)13-24-17(25)23-9-4-10-27-14-19(20,21)22/h2-3,5-6H,4,7-14H2,1H3,(H2,23,24,25). The minimum absolute atomic E-state index is 0.0513. The second-order valence-electron chi connectivity index (χ2n) is 6.84. The predicted molar refractivity (Wildman–Crippen MR) is 95.8 cm³/mol. The van der Waals surface area contributed by atoms with Gasteiger partial charge in [0.15, 0.2) is 0 Å². The van der Waals surface area contributed by atoms with E-state index in [1.54, 1.807) is 0 Å². The Balaban J connectivity index is 1.78. The molecule has 0 bridgehead atoms. The lowest BCUT2D eigenvalue weighted by atomic mass is 9.72. The zero-order chi connectivity index (χ0) is 19.8. The van der Waals surface area contributed by atoms with E-state index in [1.807, 2.05) is 12.1 Å². The van der Waals surface area contributed by atoms with Crippen molar-refractivity contribution in [2.75, 3.05) is 39.5 Å². The molecule has 0 atom stereocenters. The second kappa shape index (κ2) is 9.94. The molecule has 2 rings (SSSR count). The number of amides is 2. The lowest BCUT2D eigenvalue weighted by molar-refractivity contribution is -0.173. The summed E-state index contributed by atoms with van der Waals surface area (Å²) >= 11 is 0. The van der Waals surface area contributed by atoms with Crippen LogP contribution >= 0.6 is 0 Å². The normalized spacial score (nSPS) is 16.7. The monoisotopic (exact) mass is 388 g/mol. The molecule has 1 fully saturated rings. The van der Waals surface area contributed by atoms with Crippen molar-refractivity contribution in [2.24, 2.45) is 0 Å². The summed E-state index contributed by atoms with van der Waals surface area (Å²) in [6.07, 6.45) is -2.36. The smallest absolute Gasteiger partial charge is 0.381 e. The summed E-state index contributed by atoms with van der Waals surface area (Å²) in [7, 11) is 0. The third kappa shape index (κ3) is 7.03. The molecule has 1 heterocycles. The fourth-order valence-corrected chi connectivity index (χ4v) is 3.35. The van der Waals surface area contributed by atoms with Crippen LogP contribution < -0.4 is 10.6 Å². The van der Waals surface area contributed by atoms with Gasteiger partial charge in [0.2, 0.25) is 0 Å². The number of urea groups is 1. The van der Waals surface area contributed by atoms with Gasteiger partial charge in [0, 0.05) is 38.3 Å². The molecule has 0 aromatic heterocycles. The minimum atomic E-state index is -4.32. The van der Waals surface area contributed by atoms with Crippen LogP contribution in [0, 0.1) is 6.92 Å². The number of nitrogens with one attached hydrogen (secondary N) is 2. The Kier molecular flexibility index (Phi) is 7.91. The molecule has 2 N–H and O–H groups in total. The van der Waals surface area contributed by atoms with E-state index in [1.165, 1.54) is 11.1 Å². The van der Waals surface area contributed by atoms with Crippen LogP contribution in [-0.4, -0.2) is 51.7 Å². The van der Waals surface area contributed by atoms with E-state index in [2.05, 4.69) is 34.4 Å². The Morgan fingerprint density at radius 3 is 2.59 bits per heavy atom. The molecule has 0 saturated carbocycles. The molecule has 1 saturated heterocycles. The summed E-state index contributed by atoms with van der Waals surface area (Å²) in [6.45, 7) is 2.78. The van der Waals surface area contributed by atoms with Crippen LogP contribution in [0.2, 0.25) is 0 Å². The van der Waals surface area contributed by atoms with E-state index in [0.29, 0.717) is 26.2 Å². The Hall–Kier alpha value is -1.80. The van der Waals surface area contributed by atoms with Gasteiger partial charge in [-0.15, -0.1) is 0 Å². The molecule has 152 valence electrons. The molecule has 1 aromatic rings. The third-order valence-electron chi connectivity index (χ3n) is 4.77. The number of hydrogen-bond acceptors (Lipinski definition) is 3. The van der Waals surface area contributed by atoms with Crippen LogP contribution in [0.1, 0.15) is 30.4 Å². The maximum atomic E-state index is 12.1. The molecular weight excluding hydrogens is 361 g/mol. The van der Waals surface area contributed by atoms with E-state index in [0.717, 1.165) is 12.8 Å². The zero-order valence-electron chi connectivity index (χ0n) is 15.5. The Labute approximate surface area is 157 Å². The molecule has 0 spiro atoms. The molecule has 5 nitrogen and oxygen atoms in total. The van der Waals surface area contributed by atoms with Gasteiger partial charge in [0.1, 0.15) is 6.61 Å². The van der Waals surface area contributed by atoms with E-state index in [9.17, 15) is 18.0 Å². The van der Waals surface area contributed by atoms with Gasteiger partial charge in [-0.05, 0) is 37.3 Å². The molecule has 2 amide bonds. The minimum Gasteiger partial charge on any atom is -0.381 e. The van der Waals surface area contributed by atoms with Gasteiger partial charge in [0.05, 0.1) is 0 Å². The number of alkyl halides is 3. The summed E-state index contributed by atoms with van der Waals surface area (Å²) < 4.78 is 45.9. The molecule has 27 heavy (non-hydrogen) atoms. The van der Waals surface area contributed by atoms with Crippen LogP contribution in [0.5, 0.6) is 0 Å². The fraction of sp³-hybridized carbons (Fsp3) is 0.632. The molecule has 0 aliphatic carbocycles. The first-order valence-corrected chi connectivity index (χ1v) is 9.12. The van der Waals surface area contributed by atoms with Crippen molar-refractivity contribution >= 4 is 6.03 Å². The number of halogens is 3. The van der Waals surface area contributed by atoms with Crippen molar-refractivity contribution in [2.45, 2.75) is 37.8 Å². The number of benzene rings is 1. The van der Waals surface area contributed by atoms with Gasteiger partial charge in [0.25, 0.3) is 0 Å². The molecule has 1 aromatic carbocycles. The highest BCUT2D eigenvalue weighted by molar-refractivity contribution is 5.74. The van der Waals surface area contributed by atoms with E-state index in [4.69, 9.17) is 4.74 Å². The summed E-state index contributed by atoms with van der Waals surface area (Å²) in [5.74, 6) is 0. The van der Waals surface area contributed by atoms with E-state index >= 15 is 0 Å². The molecule has 1 aliphatic rings. The predicted octanol–water partition coefficient (Wildman–Crippen LogP) is 3.31. The van der Waals surface area contributed by atoms with Gasteiger partial charge in [-0.2, -0.15) is 13.2 Å². The van der Waals surface area contributed by atoms with Gasteiger partial charge in [-0.3, -0.25) is 0 Å².